The summed E-state index contributed by atoms with van der Waals surface area (Å²) < 4.78 is 45.6. The zero-order chi connectivity index (χ0) is 37.4. The van der Waals surface area contributed by atoms with Gasteiger partial charge < -0.3 is 34.4 Å². The van der Waals surface area contributed by atoms with E-state index >= 15 is 0 Å². The Hall–Kier alpha value is -5.20. The number of nitrogens with zero attached hydrogens (tertiary/aromatic N) is 3. The maximum absolute atomic E-state index is 13.6. The fourth-order valence-electron chi connectivity index (χ4n) is 6.28. The minimum absolute atomic E-state index is 0.0493. The molecule has 0 saturated carbocycles. The Kier molecular flexibility index (Phi) is 12.1. The van der Waals surface area contributed by atoms with Crippen LogP contribution < -0.4 is 24.3 Å². The van der Waals surface area contributed by atoms with Gasteiger partial charge in [0.15, 0.2) is 0 Å². The van der Waals surface area contributed by atoms with Crippen molar-refractivity contribution in [2.24, 2.45) is 5.92 Å². The SMILES string of the molecule is O=C(NS(=O)(=O)c1ccc(NCC2CCOCC2)c([N+](=O)[O-])c1)c1ccc(N2CCN(Cc3ccccc3OB(O)O)CC2)cc1Oc1ccccc1. The molecular weight excluding hydrogens is 705 g/mol. The molecule has 17 heteroatoms. The number of carbonyl (C=O) groups excluding carboxylic acids is 1. The summed E-state index contributed by atoms with van der Waals surface area (Å²) >= 11 is 0. The monoisotopic (exact) mass is 745 g/mol. The van der Waals surface area contributed by atoms with Crippen LogP contribution in [0.25, 0.3) is 0 Å². The number of amides is 1. The largest absolute Gasteiger partial charge is 0.707 e. The van der Waals surface area contributed by atoms with E-state index in [0.717, 1.165) is 30.2 Å². The summed E-state index contributed by atoms with van der Waals surface area (Å²) in [6, 6.07) is 24.3. The second-order valence-electron chi connectivity index (χ2n) is 12.7. The van der Waals surface area contributed by atoms with Crippen molar-refractivity contribution in [1.82, 2.24) is 9.62 Å². The van der Waals surface area contributed by atoms with E-state index in [2.05, 4.69) is 19.8 Å². The predicted octanol–water partition coefficient (Wildman–Crippen LogP) is 4.01. The van der Waals surface area contributed by atoms with Crippen LogP contribution in [0.4, 0.5) is 17.1 Å². The number of para-hydroxylation sites is 2. The average molecular weight is 746 g/mol. The molecule has 0 unspecified atom stereocenters. The molecule has 4 aromatic rings. The summed E-state index contributed by atoms with van der Waals surface area (Å²) in [7, 11) is -6.46. The van der Waals surface area contributed by atoms with Gasteiger partial charge in [0.1, 0.15) is 22.9 Å². The van der Waals surface area contributed by atoms with Gasteiger partial charge in [0.2, 0.25) is 0 Å². The fourth-order valence-corrected chi connectivity index (χ4v) is 7.27. The highest BCUT2D eigenvalue weighted by Gasteiger charge is 2.27. The minimum Gasteiger partial charge on any atom is -0.512 e. The third kappa shape index (κ3) is 9.82. The Balaban J connectivity index is 1.17. The quantitative estimate of drug-likeness (QED) is 0.0823. The van der Waals surface area contributed by atoms with E-state index in [-0.39, 0.29) is 22.9 Å². The second kappa shape index (κ2) is 17.1. The van der Waals surface area contributed by atoms with Gasteiger partial charge in [0.25, 0.3) is 21.6 Å². The molecule has 0 aliphatic carbocycles. The summed E-state index contributed by atoms with van der Waals surface area (Å²) in [5, 5.41) is 33.6. The molecule has 4 aromatic carbocycles. The summed E-state index contributed by atoms with van der Waals surface area (Å²) in [5.74, 6) is 0.241. The summed E-state index contributed by atoms with van der Waals surface area (Å²) in [6.07, 6.45) is 1.64. The number of nitrogens with one attached hydrogen (secondary N) is 2. The van der Waals surface area contributed by atoms with Gasteiger partial charge >= 0.3 is 7.32 Å². The van der Waals surface area contributed by atoms with Gasteiger partial charge in [0, 0.05) is 75.9 Å². The molecule has 1 amide bonds. The van der Waals surface area contributed by atoms with Crippen LogP contribution in [0.2, 0.25) is 0 Å². The van der Waals surface area contributed by atoms with Crippen LogP contribution in [-0.2, 0) is 21.3 Å². The first kappa shape index (κ1) is 37.6. The number of sulfonamides is 1. The maximum atomic E-state index is 13.6. The van der Waals surface area contributed by atoms with Crippen LogP contribution in [-0.4, -0.2) is 87.5 Å². The van der Waals surface area contributed by atoms with Crippen LogP contribution >= 0.6 is 0 Å². The van der Waals surface area contributed by atoms with Crippen LogP contribution in [0.5, 0.6) is 17.2 Å². The lowest BCUT2D eigenvalue weighted by molar-refractivity contribution is -0.384. The average Bonchev–Trinajstić information content (AvgIpc) is 3.15. The molecular formula is C36H40BN5O10S. The number of hydrogen-bond acceptors (Lipinski definition) is 13. The van der Waals surface area contributed by atoms with Crippen molar-refractivity contribution in [3.63, 3.8) is 0 Å². The standard InChI is InChI=1S/C36H40BN5O10S/c43-36(39-53(48,49)30-11-13-32(33(23-30)42(46)47)38-24-26-14-20-50-21-15-26)31-12-10-28(22-35(31)51-29-7-2-1-3-8-29)41-18-16-40(17-19-41)25-27-6-4-5-9-34(27)52-37(44)45/h1-13,22-23,26,38,44-45H,14-21,24-25H2,(H,39,43). The molecule has 53 heavy (non-hydrogen) atoms. The van der Waals surface area contributed by atoms with Gasteiger partial charge in [-0.25, -0.2) is 13.1 Å². The number of piperazine rings is 1. The van der Waals surface area contributed by atoms with Crippen molar-refractivity contribution in [3.05, 3.63) is 112 Å². The third-order valence-electron chi connectivity index (χ3n) is 9.14. The summed E-state index contributed by atoms with van der Waals surface area (Å²) in [6.45, 7) is 4.83. The highest BCUT2D eigenvalue weighted by atomic mass is 32.2. The minimum atomic E-state index is -4.53. The topological polar surface area (TPSA) is 193 Å². The summed E-state index contributed by atoms with van der Waals surface area (Å²) in [5.41, 5.74) is 1.27. The lowest BCUT2D eigenvalue weighted by atomic mass is 10.0. The first-order valence-electron chi connectivity index (χ1n) is 17.2. The van der Waals surface area contributed by atoms with Crippen molar-refractivity contribution in [3.8, 4) is 17.2 Å². The number of rotatable bonds is 14. The Labute approximate surface area is 307 Å². The Morgan fingerprint density at radius 2 is 1.64 bits per heavy atom. The molecule has 2 heterocycles. The van der Waals surface area contributed by atoms with Crippen LogP contribution in [0.15, 0.2) is 95.9 Å². The molecule has 2 aliphatic heterocycles. The number of anilines is 2. The van der Waals surface area contributed by atoms with Crippen molar-refractivity contribution < 1.29 is 42.3 Å². The Bertz CT molecular complexity index is 2010. The van der Waals surface area contributed by atoms with Gasteiger partial charge in [-0.05, 0) is 61.2 Å². The van der Waals surface area contributed by atoms with E-state index < -0.39 is 38.8 Å². The van der Waals surface area contributed by atoms with E-state index in [9.17, 15) is 33.4 Å². The number of hydrogen-bond donors (Lipinski definition) is 4. The number of carbonyl (C=O) groups is 1. The van der Waals surface area contributed by atoms with E-state index in [4.69, 9.17) is 14.1 Å². The first-order chi connectivity index (χ1) is 25.6. The van der Waals surface area contributed by atoms with Gasteiger partial charge in [-0.1, -0.05) is 36.4 Å². The molecule has 2 saturated heterocycles. The molecule has 278 valence electrons. The molecule has 4 N–H and O–H groups in total. The van der Waals surface area contributed by atoms with E-state index in [1.165, 1.54) is 18.2 Å². The maximum Gasteiger partial charge on any atom is 0.707 e. The van der Waals surface area contributed by atoms with Crippen LogP contribution in [0.3, 0.4) is 0 Å². The van der Waals surface area contributed by atoms with Gasteiger partial charge in [0.05, 0.1) is 15.4 Å². The summed E-state index contributed by atoms with van der Waals surface area (Å²) in [4.78, 5) is 28.8. The molecule has 15 nitrogen and oxygen atoms in total. The molecule has 2 aliphatic rings. The number of nitro groups is 1. The highest BCUT2D eigenvalue weighted by Crippen LogP contribution is 2.33. The van der Waals surface area contributed by atoms with Crippen molar-refractivity contribution >= 4 is 40.3 Å². The smallest absolute Gasteiger partial charge is 0.512 e. The number of ether oxygens (including phenoxy) is 2. The normalized spacial score (nSPS) is 15.4. The van der Waals surface area contributed by atoms with E-state index in [0.29, 0.717) is 64.0 Å². The molecule has 0 atom stereocenters. The molecule has 6 rings (SSSR count). The second-order valence-corrected chi connectivity index (χ2v) is 14.4. The number of nitro benzene ring substituents is 1. The van der Waals surface area contributed by atoms with Gasteiger partial charge in [-0.2, -0.15) is 0 Å². The zero-order valence-corrected chi connectivity index (χ0v) is 29.6. The third-order valence-corrected chi connectivity index (χ3v) is 10.5. The molecule has 0 aromatic heterocycles. The predicted molar refractivity (Wildman–Crippen MR) is 197 cm³/mol. The Morgan fingerprint density at radius 1 is 0.925 bits per heavy atom. The Morgan fingerprint density at radius 3 is 2.36 bits per heavy atom. The molecule has 0 spiro atoms. The van der Waals surface area contributed by atoms with Gasteiger partial charge in [-0.15, -0.1) is 0 Å². The lowest BCUT2D eigenvalue weighted by Crippen LogP contribution is -2.46. The van der Waals surface area contributed by atoms with E-state index in [1.807, 2.05) is 18.2 Å². The van der Waals surface area contributed by atoms with Gasteiger partial charge in [-0.3, -0.25) is 19.8 Å². The fraction of sp³-hybridized carbons (Fsp3) is 0.306. The molecule has 2 fully saturated rings. The van der Waals surface area contributed by atoms with Crippen LogP contribution in [0.1, 0.15) is 28.8 Å². The molecule has 0 radical (unpaired) electrons. The number of benzene rings is 4. The van der Waals surface area contributed by atoms with E-state index in [1.54, 1.807) is 48.5 Å². The molecule has 0 bridgehead atoms. The lowest BCUT2D eigenvalue weighted by Gasteiger charge is -2.36. The first-order valence-corrected chi connectivity index (χ1v) is 18.7. The zero-order valence-electron chi connectivity index (χ0n) is 28.8. The van der Waals surface area contributed by atoms with Crippen molar-refractivity contribution in [1.29, 1.82) is 0 Å². The van der Waals surface area contributed by atoms with Crippen molar-refractivity contribution in [2.75, 3.05) is 56.2 Å². The van der Waals surface area contributed by atoms with Crippen molar-refractivity contribution in [2.45, 2.75) is 24.3 Å². The van der Waals surface area contributed by atoms with Crippen LogP contribution in [0, 0.1) is 16.0 Å². The highest BCUT2D eigenvalue weighted by molar-refractivity contribution is 7.90.